The fraction of sp³-hybridized carbons (Fsp3) is 0.600. The Morgan fingerprint density at radius 2 is 1.82 bits per heavy atom. The molecular formula is C15H24N2. The van der Waals surface area contributed by atoms with E-state index in [1.807, 2.05) is 0 Å². The van der Waals surface area contributed by atoms with E-state index >= 15 is 0 Å². The van der Waals surface area contributed by atoms with Crippen molar-refractivity contribution < 1.29 is 0 Å². The molecule has 2 heteroatoms. The lowest BCUT2D eigenvalue weighted by atomic mass is 10.0. The lowest BCUT2D eigenvalue weighted by molar-refractivity contribution is 0.206. The van der Waals surface area contributed by atoms with E-state index < -0.39 is 0 Å². The number of rotatable bonds is 4. The molecule has 0 spiro atoms. The van der Waals surface area contributed by atoms with Gasteiger partial charge in [-0.2, -0.15) is 0 Å². The van der Waals surface area contributed by atoms with Crippen LogP contribution in [0.5, 0.6) is 0 Å². The fourth-order valence-corrected chi connectivity index (χ4v) is 2.42. The third-order valence-electron chi connectivity index (χ3n) is 3.75. The van der Waals surface area contributed by atoms with Crippen LogP contribution in [0.25, 0.3) is 0 Å². The lowest BCUT2D eigenvalue weighted by Gasteiger charge is -2.31. The van der Waals surface area contributed by atoms with Gasteiger partial charge in [0.05, 0.1) is 0 Å². The van der Waals surface area contributed by atoms with Crippen LogP contribution in [0.4, 0.5) is 0 Å². The van der Waals surface area contributed by atoms with Gasteiger partial charge in [0.25, 0.3) is 0 Å². The van der Waals surface area contributed by atoms with Gasteiger partial charge in [-0.15, -0.1) is 0 Å². The van der Waals surface area contributed by atoms with Crippen molar-refractivity contribution in [1.82, 2.24) is 10.2 Å². The van der Waals surface area contributed by atoms with Crippen molar-refractivity contribution in [2.45, 2.75) is 39.3 Å². The number of aryl methyl sites for hydroxylation is 1. The van der Waals surface area contributed by atoms with Crippen molar-refractivity contribution in [2.24, 2.45) is 0 Å². The van der Waals surface area contributed by atoms with Crippen LogP contribution < -0.4 is 5.32 Å². The molecule has 2 nitrogen and oxygen atoms in total. The van der Waals surface area contributed by atoms with Gasteiger partial charge >= 0.3 is 0 Å². The van der Waals surface area contributed by atoms with Gasteiger partial charge in [0.15, 0.2) is 0 Å². The van der Waals surface area contributed by atoms with Crippen molar-refractivity contribution in [3.8, 4) is 0 Å². The minimum absolute atomic E-state index is 0.708. The van der Waals surface area contributed by atoms with Crippen molar-refractivity contribution >= 4 is 0 Å². The van der Waals surface area contributed by atoms with Crippen molar-refractivity contribution in [3.63, 3.8) is 0 Å². The molecule has 1 aromatic carbocycles. The molecule has 1 aliphatic rings. The molecular weight excluding hydrogens is 208 g/mol. The smallest absolute Gasteiger partial charge is 0.0208 e. The summed E-state index contributed by atoms with van der Waals surface area (Å²) in [6.45, 7) is 9.10. The van der Waals surface area contributed by atoms with Gasteiger partial charge in [0.1, 0.15) is 0 Å². The second-order valence-corrected chi connectivity index (χ2v) is 5.08. The maximum absolute atomic E-state index is 3.68. The zero-order valence-electron chi connectivity index (χ0n) is 11.1. The van der Waals surface area contributed by atoms with Crippen molar-refractivity contribution in [1.29, 1.82) is 0 Å². The number of nitrogens with one attached hydrogen (secondary N) is 1. The minimum atomic E-state index is 0.708. The number of hydrogen-bond acceptors (Lipinski definition) is 2. The summed E-state index contributed by atoms with van der Waals surface area (Å²) in [5.41, 5.74) is 2.73. The van der Waals surface area contributed by atoms with E-state index in [0.29, 0.717) is 6.04 Å². The van der Waals surface area contributed by atoms with E-state index in [1.54, 1.807) is 0 Å². The highest BCUT2D eigenvalue weighted by Gasteiger charge is 2.16. The van der Waals surface area contributed by atoms with Gasteiger partial charge < -0.3 is 10.2 Å². The average Bonchev–Trinajstić information content (AvgIpc) is 2.39. The predicted octanol–water partition coefficient (Wildman–Crippen LogP) is 2.57. The summed E-state index contributed by atoms with van der Waals surface area (Å²) >= 11 is 0. The largest absolute Gasteiger partial charge is 0.310 e. The molecule has 1 aliphatic heterocycles. The highest BCUT2D eigenvalue weighted by atomic mass is 15.1. The van der Waals surface area contributed by atoms with Crippen molar-refractivity contribution in [3.05, 3.63) is 35.4 Å². The maximum atomic E-state index is 3.68. The summed E-state index contributed by atoms with van der Waals surface area (Å²) in [5, 5.41) is 3.68. The van der Waals surface area contributed by atoms with Gasteiger partial charge in [-0.25, -0.2) is 0 Å². The Hall–Kier alpha value is -0.860. The monoisotopic (exact) mass is 232 g/mol. The van der Waals surface area contributed by atoms with E-state index in [4.69, 9.17) is 0 Å². The highest BCUT2D eigenvalue weighted by molar-refractivity contribution is 5.21. The standard InChI is InChI=1S/C15H24N2/c1-3-17-10-8-15(9-11-17)16-12-14-6-4-13(2)5-7-14/h4-7,15-16H,3,8-12H2,1-2H3. The Labute approximate surface area is 105 Å². The molecule has 0 aliphatic carbocycles. The molecule has 0 saturated carbocycles. The van der Waals surface area contributed by atoms with Gasteiger partial charge in [-0.3, -0.25) is 0 Å². The SMILES string of the molecule is CCN1CCC(NCc2ccc(C)cc2)CC1. The first kappa shape index (κ1) is 12.6. The highest BCUT2D eigenvalue weighted by Crippen LogP contribution is 2.11. The Morgan fingerprint density at radius 1 is 1.18 bits per heavy atom. The van der Waals surface area contributed by atoms with E-state index in [0.717, 1.165) is 6.54 Å². The summed E-state index contributed by atoms with van der Waals surface area (Å²) in [5.74, 6) is 0. The van der Waals surface area contributed by atoms with Gasteiger partial charge in [-0.1, -0.05) is 36.8 Å². The molecule has 17 heavy (non-hydrogen) atoms. The molecule has 0 atom stereocenters. The molecule has 1 heterocycles. The number of benzene rings is 1. The first-order valence-corrected chi connectivity index (χ1v) is 6.79. The van der Waals surface area contributed by atoms with Crippen LogP contribution in [0.2, 0.25) is 0 Å². The first-order chi connectivity index (χ1) is 8.28. The molecule has 0 bridgehead atoms. The third-order valence-corrected chi connectivity index (χ3v) is 3.75. The molecule has 0 unspecified atom stereocenters. The summed E-state index contributed by atoms with van der Waals surface area (Å²) in [6, 6.07) is 9.54. The molecule has 0 radical (unpaired) electrons. The van der Waals surface area contributed by atoms with Gasteiger partial charge in [0, 0.05) is 12.6 Å². The summed E-state index contributed by atoms with van der Waals surface area (Å²) in [7, 11) is 0. The molecule has 1 fully saturated rings. The normalized spacial score (nSPS) is 18.5. The average molecular weight is 232 g/mol. The Bertz CT molecular complexity index is 323. The second kappa shape index (κ2) is 6.18. The number of likely N-dealkylation sites (tertiary alicyclic amines) is 1. The van der Waals surface area contributed by atoms with E-state index in [2.05, 4.69) is 48.3 Å². The Kier molecular flexibility index (Phi) is 4.57. The topological polar surface area (TPSA) is 15.3 Å². The van der Waals surface area contributed by atoms with Crippen LogP contribution in [0, 0.1) is 6.92 Å². The van der Waals surface area contributed by atoms with Gasteiger partial charge in [0.2, 0.25) is 0 Å². The van der Waals surface area contributed by atoms with E-state index in [9.17, 15) is 0 Å². The minimum Gasteiger partial charge on any atom is -0.310 e. The number of nitrogens with zero attached hydrogens (tertiary/aromatic N) is 1. The molecule has 1 aromatic rings. The number of hydrogen-bond donors (Lipinski definition) is 1. The Balaban J connectivity index is 1.74. The third kappa shape index (κ3) is 3.83. The summed E-state index contributed by atoms with van der Waals surface area (Å²) in [6.07, 6.45) is 2.58. The maximum Gasteiger partial charge on any atom is 0.0208 e. The summed E-state index contributed by atoms with van der Waals surface area (Å²) < 4.78 is 0. The Morgan fingerprint density at radius 3 is 2.41 bits per heavy atom. The zero-order valence-corrected chi connectivity index (χ0v) is 11.1. The quantitative estimate of drug-likeness (QED) is 0.858. The summed E-state index contributed by atoms with van der Waals surface area (Å²) in [4.78, 5) is 2.53. The first-order valence-electron chi connectivity index (χ1n) is 6.79. The fourth-order valence-electron chi connectivity index (χ4n) is 2.42. The molecule has 0 amide bonds. The van der Waals surface area contributed by atoms with Crippen LogP contribution in [0.3, 0.4) is 0 Å². The van der Waals surface area contributed by atoms with Crippen LogP contribution in [0.15, 0.2) is 24.3 Å². The lowest BCUT2D eigenvalue weighted by Crippen LogP contribution is -2.42. The molecule has 0 aromatic heterocycles. The number of piperidine rings is 1. The predicted molar refractivity (Wildman–Crippen MR) is 73.2 cm³/mol. The molecule has 94 valence electrons. The molecule has 1 saturated heterocycles. The van der Waals surface area contributed by atoms with E-state index in [-0.39, 0.29) is 0 Å². The van der Waals surface area contributed by atoms with Crippen LogP contribution >= 0.6 is 0 Å². The van der Waals surface area contributed by atoms with Crippen LogP contribution in [-0.4, -0.2) is 30.6 Å². The second-order valence-electron chi connectivity index (χ2n) is 5.08. The van der Waals surface area contributed by atoms with Crippen LogP contribution in [-0.2, 0) is 6.54 Å². The molecule has 2 rings (SSSR count). The van der Waals surface area contributed by atoms with Crippen LogP contribution in [0.1, 0.15) is 30.9 Å². The molecule has 1 N–H and O–H groups in total. The van der Waals surface area contributed by atoms with Gasteiger partial charge in [-0.05, 0) is 45.0 Å². The van der Waals surface area contributed by atoms with E-state index in [1.165, 1.54) is 43.6 Å². The van der Waals surface area contributed by atoms with Crippen molar-refractivity contribution in [2.75, 3.05) is 19.6 Å². The zero-order chi connectivity index (χ0) is 12.1.